The molecule has 2 aromatic heterocycles. The van der Waals surface area contributed by atoms with Gasteiger partial charge < -0.3 is 5.73 Å². The molecule has 86 valence electrons. The second kappa shape index (κ2) is 3.98. The summed E-state index contributed by atoms with van der Waals surface area (Å²) in [5.74, 6) is 0.885. The van der Waals surface area contributed by atoms with Gasteiger partial charge in [-0.2, -0.15) is 0 Å². The Labute approximate surface area is 103 Å². The predicted octanol–water partition coefficient (Wildman–Crippen LogP) is 2.04. The quantitative estimate of drug-likeness (QED) is 0.753. The van der Waals surface area contributed by atoms with E-state index in [4.69, 9.17) is 17.3 Å². The van der Waals surface area contributed by atoms with E-state index in [1.165, 1.54) is 0 Å². The third-order valence-corrected chi connectivity index (χ3v) is 3.00. The summed E-state index contributed by atoms with van der Waals surface area (Å²) in [4.78, 5) is 0. The third kappa shape index (κ3) is 1.66. The molecule has 0 atom stereocenters. The first-order valence-corrected chi connectivity index (χ1v) is 5.80. The van der Waals surface area contributed by atoms with Crippen molar-refractivity contribution >= 4 is 28.2 Å². The van der Waals surface area contributed by atoms with E-state index in [0.29, 0.717) is 13.0 Å². The SMILES string of the molecule is NCCc1nnc2ccc3cc(Cl)ccc3n12. The fourth-order valence-corrected chi connectivity index (χ4v) is 2.20. The molecule has 2 heterocycles. The molecular weight excluding hydrogens is 236 g/mol. The Morgan fingerprint density at radius 2 is 2.06 bits per heavy atom. The normalized spacial score (nSPS) is 11.4. The number of pyridine rings is 1. The number of nitrogens with two attached hydrogens (primary N) is 1. The third-order valence-electron chi connectivity index (χ3n) is 2.77. The van der Waals surface area contributed by atoms with Crippen LogP contribution in [-0.4, -0.2) is 21.1 Å². The summed E-state index contributed by atoms with van der Waals surface area (Å²) in [6.45, 7) is 0.560. The number of fused-ring (bicyclic) bond motifs is 3. The lowest BCUT2D eigenvalue weighted by molar-refractivity contribution is 0.857. The fraction of sp³-hybridized carbons (Fsp3) is 0.167. The summed E-state index contributed by atoms with van der Waals surface area (Å²) in [5.41, 5.74) is 7.47. The lowest BCUT2D eigenvalue weighted by Crippen LogP contribution is -2.06. The Morgan fingerprint density at radius 1 is 1.18 bits per heavy atom. The van der Waals surface area contributed by atoms with E-state index < -0.39 is 0 Å². The molecule has 0 fully saturated rings. The number of hydrogen-bond acceptors (Lipinski definition) is 3. The number of rotatable bonds is 2. The maximum Gasteiger partial charge on any atom is 0.161 e. The minimum atomic E-state index is 0.560. The van der Waals surface area contributed by atoms with Crippen molar-refractivity contribution in [3.63, 3.8) is 0 Å². The average Bonchev–Trinajstić information content (AvgIpc) is 2.73. The van der Waals surface area contributed by atoms with Crippen molar-refractivity contribution < 1.29 is 0 Å². The van der Waals surface area contributed by atoms with Crippen LogP contribution in [0.3, 0.4) is 0 Å². The topological polar surface area (TPSA) is 56.2 Å². The Morgan fingerprint density at radius 3 is 2.88 bits per heavy atom. The van der Waals surface area contributed by atoms with Crippen molar-refractivity contribution in [1.29, 1.82) is 0 Å². The molecule has 0 aliphatic carbocycles. The summed E-state index contributed by atoms with van der Waals surface area (Å²) in [5, 5.41) is 10.1. The van der Waals surface area contributed by atoms with Crippen LogP contribution in [-0.2, 0) is 6.42 Å². The molecular formula is C12H11ClN4. The van der Waals surface area contributed by atoms with Crippen LogP contribution < -0.4 is 5.73 Å². The van der Waals surface area contributed by atoms with Gasteiger partial charge in [-0.1, -0.05) is 11.6 Å². The molecule has 0 amide bonds. The summed E-state index contributed by atoms with van der Waals surface area (Å²) >= 11 is 5.98. The largest absolute Gasteiger partial charge is 0.330 e. The number of benzene rings is 1. The van der Waals surface area contributed by atoms with Crippen LogP contribution in [0.2, 0.25) is 5.02 Å². The van der Waals surface area contributed by atoms with Gasteiger partial charge in [0, 0.05) is 16.8 Å². The Balaban J connectivity index is 2.40. The van der Waals surface area contributed by atoms with Crippen molar-refractivity contribution in [2.24, 2.45) is 5.73 Å². The molecule has 4 nitrogen and oxygen atoms in total. The van der Waals surface area contributed by atoms with Crippen LogP contribution in [0.1, 0.15) is 5.82 Å². The van der Waals surface area contributed by atoms with E-state index in [0.717, 1.165) is 27.4 Å². The maximum absolute atomic E-state index is 5.98. The van der Waals surface area contributed by atoms with E-state index in [9.17, 15) is 0 Å². The van der Waals surface area contributed by atoms with Gasteiger partial charge in [0.25, 0.3) is 0 Å². The summed E-state index contributed by atoms with van der Waals surface area (Å²) in [7, 11) is 0. The molecule has 0 spiro atoms. The smallest absolute Gasteiger partial charge is 0.161 e. The molecule has 0 bridgehead atoms. The highest BCUT2D eigenvalue weighted by molar-refractivity contribution is 6.31. The molecule has 17 heavy (non-hydrogen) atoms. The molecule has 2 N–H and O–H groups in total. The van der Waals surface area contributed by atoms with Crippen molar-refractivity contribution in [2.75, 3.05) is 6.54 Å². The van der Waals surface area contributed by atoms with E-state index >= 15 is 0 Å². The van der Waals surface area contributed by atoms with Gasteiger partial charge in [-0.3, -0.25) is 4.40 Å². The highest BCUT2D eigenvalue weighted by Gasteiger charge is 2.08. The first-order chi connectivity index (χ1) is 8.29. The predicted molar refractivity (Wildman–Crippen MR) is 68.3 cm³/mol. The van der Waals surface area contributed by atoms with Gasteiger partial charge in [-0.15, -0.1) is 10.2 Å². The van der Waals surface area contributed by atoms with E-state index in [1.54, 1.807) is 0 Å². The Hall–Kier alpha value is -1.65. The van der Waals surface area contributed by atoms with Crippen LogP contribution in [0, 0.1) is 0 Å². The maximum atomic E-state index is 5.98. The van der Waals surface area contributed by atoms with Gasteiger partial charge in [0.15, 0.2) is 5.65 Å². The number of nitrogens with zero attached hydrogens (tertiary/aromatic N) is 3. The second-order valence-corrected chi connectivity index (χ2v) is 4.32. The lowest BCUT2D eigenvalue weighted by Gasteiger charge is -2.04. The van der Waals surface area contributed by atoms with Crippen molar-refractivity contribution in [1.82, 2.24) is 14.6 Å². The van der Waals surface area contributed by atoms with Gasteiger partial charge in [0.05, 0.1) is 5.52 Å². The van der Waals surface area contributed by atoms with Crippen molar-refractivity contribution in [3.8, 4) is 0 Å². The zero-order chi connectivity index (χ0) is 11.8. The molecule has 0 unspecified atom stereocenters. The van der Waals surface area contributed by atoms with Crippen LogP contribution in [0.15, 0.2) is 30.3 Å². The van der Waals surface area contributed by atoms with Gasteiger partial charge in [0.1, 0.15) is 5.82 Å². The standard InChI is InChI=1S/C12H11ClN4/c13-9-2-3-10-8(7-9)1-4-11-15-16-12(5-6-14)17(10)11/h1-4,7H,5-6,14H2. The monoisotopic (exact) mass is 246 g/mol. The Kier molecular flexibility index (Phi) is 2.46. The molecule has 5 heteroatoms. The first-order valence-electron chi connectivity index (χ1n) is 5.42. The summed E-state index contributed by atoms with van der Waals surface area (Å²) in [6.07, 6.45) is 0.711. The highest BCUT2D eigenvalue weighted by atomic mass is 35.5. The summed E-state index contributed by atoms with van der Waals surface area (Å²) in [6, 6.07) is 9.72. The zero-order valence-electron chi connectivity index (χ0n) is 9.10. The molecule has 0 saturated heterocycles. The molecule has 0 aliphatic rings. The van der Waals surface area contributed by atoms with Gasteiger partial charge >= 0.3 is 0 Å². The molecule has 0 saturated carbocycles. The first kappa shape index (κ1) is 10.5. The van der Waals surface area contributed by atoms with Crippen LogP contribution in [0.25, 0.3) is 16.6 Å². The molecule has 1 aromatic carbocycles. The van der Waals surface area contributed by atoms with E-state index in [2.05, 4.69) is 10.2 Å². The minimum Gasteiger partial charge on any atom is -0.330 e. The second-order valence-electron chi connectivity index (χ2n) is 3.88. The van der Waals surface area contributed by atoms with Crippen LogP contribution >= 0.6 is 11.6 Å². The number of halogens is 1. The molecule has 3 aromatic rings. The van der Waals surface area contributed by atoms with Gasteiger partial charge in [-0.25, -0.2) is 0 Å². The van der Waals surface area contributed by atoms with Gasteiger partial charge in [0.2, 0.25) is 0 Å². The molecule has 3 rings (SSSR count). The molecule has 0 radical (unpaired) electrons. The average molecular weight is 247 g/mol. The molecule has 0 aliphatic heterocycles. The lowest BCUT2D eigenvalue weighted by atomic mass is 10.2. The van der Waals surface area contributed by atoms with Crippen LogP contribution in [0.4, 0.5) is 0 Å². The van der Waals surface area contributed by atoms with E-state index in [-0.39, 0.29) is 0 Å². The zero-order valence-corrected chi connectivity index (χ0v) is 9.85. The van der Waals surface area contributed by atoms with Crippen molar-refractivity contribution in [3.05, 3.63) is 41.2 Å². The minimum absolute atomic E-state index is 0.560. The Bertz CT molecular complexity index is 689. The van der Waals surface area contributed by atoms with E-state index in [1.807, 2.05) is 34.7 Å². The summed E-state index contributed by atoms with van der Waals surface area (Å²) < 4.78 is 2.03. The number of hydrogen-bond donors (Lipinski definition) is 1. The highest BCUT2D eigenvalue weighted by Crippen LogP contribution is 2.21. The van der Waals surface area contributed by atoms with Crippen molar-refractivity contribution in [2.45, 2.75) is 6.42 Å². The van der Waals surface area contributed by atoms with Gasteiger partial charge in [-0.05, 0) is 36.9 Å². The fourth-order valence-electron chi connectivity index (χ4n) is 2.02. The van der Waals surface area contributed by atoms with Crippen LogP contribution in [0.5, 0.6) is 0 Å². The number of aromatic nitrogens is 3.